The second-order valence-corrected chi connectivity index (χ2v) is 10.2. The lowest BCUT2D eigenvalue weighted by atomic mass is 10.2. The largest absolute Gasteiger partial charge is 0.395 e. The Bertz CT molecular complexity index is 1340. The minimum atomic E-state index is -3.69. The first-order chi connectivity index (χ1) is 17.0. The van der Waals surface area contributed by atoms with Gasteiger partial charge in [0.2, 0.25) is 0 Å². The van der Waals surface area contributed by atoms with Gasteiger partial charge in [0.05, 0.1) is 11.5 Å². The molecule has 0 aliphatic heterocycles. The van der Waals surface area contributed by atoms with Gasteiger partial charge in [-0.2, -0.15) is 0 Å². The number of para-hydroxylation sites is 1. The molecule has 0 saturated heterocycles. The number of nitrogens with zero attached hydrogens (tertiary/aromatic N) is 2. The highest BCUT2D eigenvalue weighted by atomic mass is 32.2. The molecule has 0 atom stereocenters. The Balaban J connectivity index is 1.40. The van der Waals surface area contributed by atoms with Gasteiger partial charge in [-0.15, -0.1) is 0 Å². The van der Waals surface area contributed by atoms with E-state index < -0.39 is 10.0 Å². The molecular weight excluding hydrogens is 464 g/mol. The van der Waals surface area contributed by atoms with E-state index in [1.54, 1.807) is 30.5 Å². The smallest absolute Gasteiger partial charge is 0.267 e. The quantitative estimate of drug-likeness (QED) is 0.225. The molecule has 4 aromatic rings. The summed E-state index contributed by atoms with van der Waals surface area (Å²) in [6, 6.07) is 18.9. The first-order valence-electron chi connectivity index (χ1n) is 11.5. The van der Waals surface area contributed by atoms with Gasteiger partial charge < -0.3 is 10.1 Å². The highest BCUT2D eigenvalue weighted by Gasteiger charge is 2.17. The fourth-order valence-corrected chi connectivity index (χ4v) is 5.26. The van der Waals surface area contributed by atoms with Crippen LogP contribution in [0.15, 0.2) is 90.2 Å². The molecule has 8 nitrogen and oxygen atoms in total. The number of aromatic amines is 1. The van der Waals surface area contributed by atoms with E-state index in [2.05, 4.69) is 28.1 Å². The number of fused-ring (bicyclic) bond motifs is 1. The minimum Gasteiger partial charge on any atom is -0.395 e. The summed E-state index contributed by atoms with van der Waals surface area (Å²) in [6.07, 6.45) is 7.47. The van der Waals surface area contributed by atoms with Crippen molar-refractivity contribution < 1.29 is 18.7 Å². The van der Waals surface area contributed by atoms with Crippen molar-refractivity contribution in [1.82, 2.24) is 19.3 Å². The fourth-order valence-electron chi connectivity index (χ4n) is 4.04. The first-order valence-corrected chi connectivity index (χ1v) is 12.9. The number of H-pyrrole nitrogens is 1. The summed E-state index contributed by atoms with van der Waals surface area (Å²) < 4.78 is 27.2. The maximum absolute atomic E-state index is 13.0. The molecule has 2 aromatic heterocycles. The number of hydrogen-bond donors (Lipinski definition) is 4. The van der Waals surface area contributed by atoms with Gasteiger partial charge in [0.15, 0.2) is 0 Å². The van der Waals surface area contributed by atoms with E-state index in [1.165, 1.54) is 21.8 Å². The van der Waals surface area contributed by atoms with Crippen LogP contribution in [0.5, 0.6) is 0 Å². The van der Waals surface area contributed by atoms with Gasteiger partial charge in [-0.25, -0.2) is 12.4 Å². The van der Waals surface area contributed by atoms with Gasteiger partial charge in [-0.1, -0.05) is 36.4 Å². The first kappa shape index (κ1) is 24.7. The third-order valence-corrected chi connectivity index (χ3v) is 7.53. The van der Waals surface area contributed by atoms with Crippen LogP contribution in [-0.2, 0) is 29.4 Å². The second-order valence-electron chi connectivity index (χ2n) is 8.37. The van der Waals surface area contributed by atoms with Gasteiger partial charge in [0.1, 0.15) is 0 Å². The molecule has 2 aromatic carbocycles. The van der Waals surface area contributed by atoms with Crippen molar-refractivity contribution in [3.63, 3.8) is 0 Å². The molecule has 0 spiro atoms. The van der Waals surface area contributed by atoms with Crippen molar-refractivity contribution in [2.24, 2.45) is 0 Å². The Morgan fingerprint density at radius 3 is 2.57 bits per heavy atom. The summed E-state index contributed by atoms with van der Waals surface area (Å²) in [5, 5.41) is 19.3. The fraction of sp³-hybridized carbons (Fsp3) is 0.231. The summed E-state index contributed by atoms with van der Waals surface area (Å²) in [6.45, 7) is 1.96. The predicted octanol–water partition coefficient (Wildman–Crippen LogP) is 3.28. The zero-order valence-corrected chi connectivity index (χ0v) is 20.2. The van der Waals surface area contributed by atoms with Crippen molar-refractivity contribution in [3.8, 4) is 0 Å². The molecule has 4 rings (SSSR count). The second kappa shape index (κ2) is 11.4. The topological polar surface area (TPSA) is 111 Å². The summed E-state index contributed by atoms with van der Waals surface area (Å²) in [5.41, 5.74) is 5.97. The van der Waals surface area contributed by atoms with Crippen molar-refractivity contribution in [2.75, 3.05) is 19.7 Å². The number of aliphatic hydroxyl groups is 1. The lowest BCUT2D eigenvalue weighted by molar-refractivity contribution is 0.191. The zero-order valence-electron chi connectivity index (χ0n) is 19.3. The molecule has 0 fully saturated rings. The molecule has 0 aliphatic carbocycles. The van der Waals surface area contributed by atoms with Crippen molar-refractivity contribution in [2.45, 2.75) is 24.3 Å². The minimum absolute atomic E-state index is 0.0542. The van der Waals surface area contributed by atoms with Crippen LogP contribution in [0, 0.1) is 0 Å². The third-order valence-electron chi connectivity index (χ3n) is 5.88. The number of nitrogens with one attached hydrogen (secondary N) is 2. The molecule has 0 radical (unpaired) electrons. The average Bonchev–Trinajstić information content (AvgIpc) is 3.50. The molecule has 35 heavy (non-hydrogen) atoms. The molecular formula is C26H30N4O4S. The summed E-state index contributed by atoms with van der Waals surface area (Å²) in [5.74, 6) is 0. The normalized spacial score (nSPS) is 12.2. The van der Waals surface area contributed by atoms with E-state index in [1.807, 2.05) is 29.7 Å². The van der Waals surface area contributed by atoms with Crippen LogP contribution in [0.2, 0.25) is 0 Å². The monoisotopic (exact) mass is 494 g/mol. The van der Waals surface area contributed by atoms with Crippen molar-refractivity contribution in [3.05, 3.63) is 102 Å². The van der Waals surface area contributed by atoms with Crippen LogP contribution < -0.4 is 5.48 Å². The van der Waals surface area contributed by atoms with Gasteiger partial charge >= 0.3 is 0 Å². The number of allylic oxidation sites excluding steroid dienone is 1. The van der Waals surface area contributed by atoms with Crippen LogP contribution in [0.3, 0.4) is 0 Å². The standard InChI is InChI=1S/C26H30N4O4S/c31-17-16-29(14-12-24-18-23-5-1-2-6-26(23)28-24)19-22-7-9-25(10-8-22)35(33,34)30-15-11-21(20-30)4-3-13-27-32/h1-3,5-11,13,15,18,20,27-28,31-32H,4,12,14,16-17,19H2/b13-3+. The summed E-state index contributed by atoms with van der Waals surface area (Å²) in [7, 11) is -3.69. The number of benzene rings is 2. The lowest BCUT2D eigenvalue weighted by Gasteiger charge is -2.21. The molecule has 0 saturated carbocycles. The molecule has 184 valence electrons. The van der Waals surface area contributed by atoms with Crippen LogP contribution in [0.4, 0.5) is 0 Å². The third kappa shape index (κ3) is 6.20. The van der Waals surface area contributed by atoms with E-state index in [-0.39, 0.29) is 11.5 Å². The highest BCUT2D eigenvalue weighted by molar-refractivity contribution is 7.90. The maximum Gasteiger partial charge on any atom is 0.267 e. The van der Waals surface area contributed by atoms with E-state index in [4.69, 9.17) is 5.21 Å². The van der Waals surface area contributed by atoms with Gasteiger partial charge in [-0.05, 0) is 53.3 Å². The highest BCUT2D eigenvalue weighted by Crippen LogP contribution is 2.18. The van der Waals surface area contributed by atoms with Gasteiger partial charge in [0.25, 0.3) is 10.0 Å². The number of rotatable bonds is 12. The Morgan fingerprint density at radius 1 is 1.03 bits per heavy atom. The maximum atomic E-state index is 13.0. The zero-order chi connectivity index (χ0) is 24.7. The van der Waals surface area contributed by atoms with E-state index in [0.29, 0.717) is 19.5 Å². The predicted molar refractivity (Wildman–Crippen MR) is 136 cm³/mol. The number of hydroxylamine groups is 1. The van der Waals surface area contributed by atoms with Crippen molar-refractivity contribution in [1.29, 1.82) is 0 Å². The van der Waals surface area contributed by atoms with E-state index in [9.17, 15) is 13.5 Å². The van der Waals surface area contributed by atoms with Gasteiger partial charge in [0, 0.05) is 55.9 Å². The van der Waals surface area contributed by atoms with E-state index >= 15 is 0 Å². The Hall–Kier alpha value is -3.37. The van der Waals surface area contributed by atoms with Crippen molar-refractivity contribution >= 4 is 20.9 Å². The van der Waals surface area contributed by atoms with E-state index in [0.717, 1.165) is 35.3 Å². The van der Waals surface area contributed by atoms with Crippen LogP contribution in [0.25, 0.3) is 10.9 Å². The molecule has 9 heteroatoms. The number of hydrogen-bond acceptors (Lipinski definition) is 6. The Morgan fingerprint density at radius 2 is 1.83 bits per heavy atom. The molecule has 0 amide bonds. The molecule has 4 N–H and O–H groups in total. The molecule has 0 bridgehead atoms. The summed E-state index contributed by atoms with van der Waals surface area (Å²) >= 11 is 0. The average molecular weight is 495 g/mol. The van der Waals surface area contributed by atoms with Crippen LogP contribution in [-0.4, -0.2) is 52.3 Å². The summed E-state index contributed by atoms with van der Waals surface area (Å²) in [4.78, 5) is 5.80. The molecule has 2 heterocycles. The van der Waals surface area contributed by atoms with Crippen LogP contribution >= 0.6 is 0 Å². The number of aromatic nitrogens is 2. The van der Waals surface area contributed by atoms with Gasteiger partial charge in [-0.3, -0.25) is 15.6 Å². The lowest BCUT2D eigenvalue weighted by Crippen LogP contribution is -2.28. The Kier molecular flexibility index (Phi) is 8.04. The SMILES string of the molecule is O=S(=O)(c1ccc(CN(CCO)CCc2cc3ccccc3[nH]2)cc1)n1ccc(C/C=C/NO)c1. The Labute approximate surface area is 205 Å². The molecule has 0 aliphatic rings. The molecule has 0 unspecified atom stereocenters. The number of aliphatic hydroxyl groups excluding tert-OH is 1. The van der Waals surface area contributed by atoms with Crippen LogP contribution in [0.1, 0.15) is 16.8 Å².